The van der Waals surface area contributed by atoms with Crippen LogP contribution in [0.15, 0.2) is 58.8 Å². The van der Waals surface area contributed by atoms with E-state index in [1.54, 1.807) is 24.3 Å². The Labute approximate surface area is 146 Å². The molecule has 0 aliphatic heterocycles. The number of benzene rings is 2. The van der Waals surface area contributed by atoms with Crippen molar-refractivity contribution in [1.82, 2.24) is 0 Å². The summed E-state index contributed by atoms with van der Waals surface area (Å²) >= 11 is 0. The molecule has 0 aromatic heterocycles. The number of hydrogen-bond acceptors (Lipinski definition) is 6. The standard InChI is InChI=1S/C18H21N3O4/c22-13-3-1-2-4-14-25-18-11-7-16(8-12-18)20-19-15-5-9-17(10-6-15)21(23)24/h5-12,22H,1-4,13-14H2. The molecular weight excluding hydrogens is 322 g/mol. The van der Waals surface area contributed by atoms with Gasteiger partial charge in [0.1, 0.15) is 5.75 Å². The van der Waals surface area contributed by atoms with E-state index in [0.29, 0.717) is 18.0 Å². The number of nitro benzene ring substituents is 1. The fourth-order valence-corrected chi connectivity index (χ4v) is 2.12. The number of non-ortho nitro benzene ring substituents is 1. The van der Waals surface area contributed by atoms with E-state index in [1.807, 2.05) is 12.1 Å². The maximum absolute atomic E-state index is 10.6. The highest BCUT2D eigenvalue weighted by atomic mass is 16.6. The quantitative estimate of drug-likeness (QED) is 0.286. The van der Waals surface area contributed by atoms with Gasteiger partial charge in [-0.1, -0.05) is 6.42 Å². The molecule has 2 aromatic rings. The molecule has 25 heavy (non-hydrogen) atoms. The first-order chi connectivity index (χ1) is 12.2. The highest BCUT2D eigenvalue weighted by molar-refractivity contribution is 5.45. The van der Waals surface area contributed by atoms with Crippen molar-refractivity contribution in [3.05, 3.63) is 58.6 Å². The second-order valence-electron chi connectivity index (χ2n) is 5.45. The summed E-state index contributed by atoms with van der Waals surface area (Å²) < 4.78 is 5.64. The molecule has 7 heteroatoms. The molecule has 0 unspecified atom stereocenters. The molecule has 0 heterocycles. The van der Waals surface area contributed by atoms with E-state index in [0.717, 1.165) is 31.4 Å². The van der Waals surface area contributed by atoms with Gasteiger partial charge in [0.25, 0.3) is 5.69 Å². The van der Waals surface area contributed by atoms with Crippen LogP contribution in [0, 0.1) is 10.1 Å². The number of ether oxygens (including phenoxy) is 1. The molecule has 0 aliphatic rings. The van der Waals surface area contributed by atoms with Crippen molar-refractivity contribution in [2.45, 2.75) is 25.7 Å². The Kier molecular flexibility index (Phi) is 7.52. The van der Waals surface area contributed by atoms with Crippen molar-refractivity contribution in [2.75, 3.05) is 13.2 Å². The summed E-state index contributed by atoms with van der Waals surface area (Å²) in [6, 6.07) is 13.2. The molecule has 2 aromatic carbocycles. The van der Waals surface area contributed by atoms with Gasteiger partial charge in [0.15, 0.2) is 0 Å². The molecule has 132 valence electrons. The minimum Gasteiger partial charge on any atom is -0.494 e. The maximum atomic E-state index is 10.6. The molecule has 0 amide bonds. The number of aliphatic hydroxyl groups excluding tert-OH is 1. The zero-order chi connectivity index (χ0) is 17.9. The number of nitrogens with zero attached hydrogens (tertiary/aromatic N) is 3. The van der Waals surface area contributed by atoms with Gasteiger partial charge >= 0.3 is 0 Å². The van der Waals surface area contributed by atoms with Crippen LogP contribution in [0.1, 0.15) is 25.7 Å². The summed E-state index contributed by atoms with van der Waals surface area (Å²) in [5.41, 5.74) is 1.25. The highest BCUT2D eigenvalue weighted by Gasteiger charge is 2.03. The van der Waals surface area contributed by atoms with Crippen molar-refractivity contribution in [3.63, 3.8) is 0 Å². The third-order valence-electron chi connectivity index (χ3n) is 3.50. The number of hydrogen-bond donors (Lipinski definition) is 1. The van der Waals surface area contributed by atoms with Gasteiger partial charge in [-0.2, -0.15) is 10.2 Å². The predicted molar refractivity (Wildman–Crippen MR) is 94.8 cm³/mol. The Hall–Kier alpha value is -2.80. The van der Waals surface area contributed by atoms with Crippen LogP contribution in [0.3, 0.4) is 0 Å². The Bertz CT molecular complexity index is 684. The van der Waals surface area contributed by atoms with E-state index >= 15 is 0 Å². The predicted octanol–water partition coefficient (Wildman–Crippen LogP) is 4.94. The molecule has 7 nitrogen and oxygen atoms in total. The zero-order valence-corrected chi connectivity index (χ0v) is 13.9. The molecule has 0 saturated carbocycles. The van der Waals surface area contributed by atoms with Gasteiger partial charge in [0.05, 0.1) is 22.9 Å². The molecule has 0 aliphatic carbocycles. The maximum Gasteiger partial charge on any atom is 0.269 e. The molecule has 0 saturated heterocycles. The normalized spacial score (nSPS) is 10.9. The minimum absolute atomic E-state index is 0.0248. The lowest BCUT2D eigenvalue weighted by Crippen LogP contribution is -1.97. The largest absolute Gasteiger partial charge is 0.494 e. The molecule has 0 bridgehead atoms. The summed E-state index contributed by atoms with van der Waals surface area (Å²) in [5.74, 6) is 0.774. The average Bonchev–Trinajstić information content (AvgIpc) is 2.64. The number of nitro groups is 1. The third kappa shape index (κ3) is 6.68. The minimum atomic E-state index is -0.452. The molecule has 0 atom stereocenters. The Morgan fingerprint density at radius 2 is 1.44 bits per heavy atom. The first-order valence-corrected chi connectivity index (χ1v) is 8.19. The van der Waals surface area contributed by atoms with E-state index < -0.39 is 4.92 Å². The van der Waals surface area contributed by atoms with Gasteiger partial charge in [-0.05, 0) is 55.7 Å². The number of unbranched alkanes of at least 4 members (excludes halogenated alkanes) is 3. The zero-order valence-electron chi connectivity index (χ0n) is 13.9. The van der Waals surface area contributed by atoms with E-state index in [4.69, 9.17) is 9.84 Å². The van der Waals surface area contributed by atoms with Crippen LogP contribution in [-0.4, -0.2) is 23.2 Å². The molecule has 2 rings (SSSR count). The lowest BCUT2D eigenvalue weighted by atomic mass is 10.2. The van der Waals surface area contributed by atoms with Crippen LogP contribution in [0.4, 0.5) is 17.1 Å². The van der Waals surface area contributed by atoms with Crippen molar-refractivity contribution in [1.29, 1.82) is 0 Å². The Balaban J connectivity index is 1.80. The lowest BCUT2D eigenvalue weighted by molar-refractivity contribution is -0.384. The van der Waals surface area contributed by atoms with Crippen LogP contribution in [0.5, 0.6) is 5.75 Å². The number of azo groups is 1. The van der Waals surface area contributed by atoms with Crippen LogP contribution in [-0.2, 0) is 0 Å². The van der Waals surface area contributed by atoms with Crippen molar-refractivity contribution < 1.29 is 14.8 Å². The second-order valence-corrected chi connectivity index (χ2v) is 5.45. The molecular formula is C18H21N3O4. The molecule has 0 radical (unpaired) electrons. The van der Waals surface area contributed by atoms with E-state index in [9.17, 15) is 10.1 Å². The first kappa shape index (κ1) is 18.5. The Morgan fingerprint density at radius 3 is 2.00 bits per heavy atom. The van der Waals surface area contributed by atoms with E-state index in [2.05, 4.69) is 10.2 Å². The van der Waals surface area contributed by atoms with Crippen molar-refractivity contribution in [3.8, 4) is 5.75 Å². The number of aliphatic hydroxyl groups is 1. The first-order valence-electron chi connectivity index (χ1n) is 8.19. The summed E-state index contributed by atoms with van der Waals surface area (Å²) in [6.07, 6.45) is 3.86. The van der Waals surface area contributed by atoms with E-state index in [1.165, 1.54) is 12.1 Å². The summed E-state index contributed by atoms with van der Waals surface area (Å²) in [6.45, 7) is 0.895. The van der Waals surface area contributed by atoms with Gasteiger partial charge < -0.3 is 9.84 Å². The monoisotopic (exact) mass is 343 g/mol. The van der Waals surface area contributed by atoms with Crippen molar-refractivity contribution in [2.24, 2.45) is 10.2 Å². The topological polar surface area (TPSA) is 97.3 Å². The van der Waals surface area contributed by atoms with Crippen LogP contribution >= 0.6 is 0 Å². The summed E-state index contributed by atoms with van der Waals surface area (Å²) in [7, 11) is 0. The fraction of sp³-hybridized carbons (Fsp3) is 0.333. The summed E-state index contributed by atoms with van der Waals surface area (Å²) in [5, 5.41) is 27.4. The summed E-state index contributed by atoms with van der Waals surface area (Å²) in [4.78, 5) is 10.1. The van der Waals surface area contributed by atoms with Gasteiger partial charge in [0.2, 0.25) is 0 Å². The fourth-order valence-electron chi connectivity index (χ4n) is 2.12. The van der Waals surface area contributed by atoms with Crippen LogP contribution in [0.2, 0.25) is 0 Å². The highest BCUT2D eigenvalue weighted by Crippen LogP contribution is 2.23. The van der Waals surface area contributed by atoms with Gasteiger partial charge in [-0.3, -0.25) is 10.1 Å². The van der Waals surface area contributed by atoms with E-state index in [-0.39, 0.29) is 12.3 Å². The van der Waals surface area contributed by atoms with Crippen LogP contribution < -0.4 is 4.74 Å². The molecule has 0 fully saturated rings. The van der Waals surface area contributed by atoms with Gasteiger partial charge in [-0.15, -0.1) is 0 Å². The second kappa shape index (κ2) is 10.1. The average molecular weight is 343 g/mol. The third-order valence-corrected chi connectivity index (χ3v) is 3.50. The van der Waals surface area contributed by atoms with Crippen LogP contribution in [0.25, 0.3) is 0 Å². The molecule has 1 N–H and O–H groups in total. The number of rotatable bonds is 10. The molecule has 0 spiro atoms. The van der Waals surface area contributed by atoms with Gasteiger partial charge in [-0.25, -0.2) is 0 Å². The van der Waals surface area contributed by atoms with Gasteiger partial charge in [0, 0.05) is 18.7 Å². The lowest BCUT2D eigenvalue weighted by Gasteiger charge is -2.05. The SMILES string of the molecule is O=[N+]([O-])c1ccc(N=Nc2ccc(OCCCCCCO)cc2)cc1. The smallest absolute Gasteiger partial charge is 0.269 e. The van der Waals surface area contributed by atoms with Crippen molar-refractivity contribution >= 4 is 17.1 Å². The Morgan fingerprint density at radius 1 is 0.880 bits per heavy atom.